The summed E-state index contributed by atoms with van der Waals surface area (Å²) in [5, 5.41) is 10.8. The largest absolute Gasteiger partial charge is 0.392 e. The smallest absolute Gasteiger partial charge is 0.253 e. The number of carbonyl (C=O) groups is 1. The summed E-state index contributed by atoms with van der Waals surface area (Å²) in [6.45, 7) is 2.43. The van der Waals surface area contributed by atoms with Crippen molar-refractivity contribution in [2.45, 2.75) is 25.4 Å². The van der Waals surface area contributed by atoms with E-state index in [1.165, 1.54) is 24.3 Å². The molecule has 4 rings (SSSR count). The molecule has 1 amide bonds. The molecule has 2 aromatic rings. The van der Waals surface area contributed by atoms with Crippen molar-refractivity contribution in [3.8, 4) is 0 Å². The maximum atomic E-state index is 13.2. The second-order valence-corrected chi connectivity index (χ2v) is 7.47. The number of benzene rings is 1. The molecular weight excluding hydrogens is 347 g/mol. The number of halogens is 1. The van der Waals surface area contributed by atoms with Gasteiger partial charge in [0.15, 0.2) is 0 Å². The summed E-state index contributed by atoms with van der Waals surface area (Å²) in [6, 6.07) is 7.41. The molecule has 27 heavy (non-hydrogen) atoms. The quantitative estimate of drug-likeness (QED) is 0.877. The van der Waals surface area contributed by atoms with Gasteiger partial charge in [0, 0.05) is 49.6 Å². The molecule has 0 bridgehead atoms. The van der Waals surface area contributed by atoms with Crippen molar-refractivity contribution in [2.75, 3.05) is 31.1 Å². The molecule has 7 heteroatoms. The fourth-order valence-electron chi connectivity index (χ4n) is 4.28. The van der Waals surface area contributed by atoms with E-state index in [-0.39, 0.29) is 11.7 Å². The Balaban J connectivity index is 1.54. The summed E-state index contributed by atoms with van der Waals surface area (Å²) < 4.78 is 13.2. The summed E-state index contributed by atoms with van der Waals surface area (Å²) >= 11 is 0. The van der Waals surface area contributed by atoms with Crippen molar-refractivity contribution in [2.24, 2.45) is 5.41 Å². The van der Waals surface area contributed by atoms with Crippen molar-refractivity contribution in [3.63, 3.8) is 0 Å². The first-order chi connectivity index (χ1) is 13.1. The van der Waals surface area contributed by atoms with Crippen molar-refractivity contribution in [1.82, 2.24) is 14.9 Å². The van der Waals surface area contributed by atoms with Gasteiger partial charge in [0.05, 0.1) is 6.10 Å². The van der Waals surface area contributed by atoms with Crippen LogP contribution in [0.5, 0.6) is 0 Å². The number of hydrogen-bond acceptors (Lipinski definition) is 5. The number of nitrogens with zero attached hydrogens (tertiary/aromatic N) is 4. The monoisotopic (exact) mass is 370 g/mol. The van der Waals surface area contributed by atoms with E-state index in [1.807, 2.05) is 0 Å². The number of piperidine rings is 2. The Bertz CT molecular complexity index is 801. The third-order valence-electron chi connectivity index (χ3n) is 5.71. The number of anilines is 1. The summed E-state index contributed by atoms with van der Waals surface area (Å²) in [4.78, 5) is 25.4. The van der Waals surface area contributed by atoms with Gasteiger partial charge >= 0.3 is 0 Å². The Hall–Kier alpha value is -2.54. The summed E-state index contributed by atoms with van der Waals surface area (Å²) in [7, 11) is 0. The summed E-state index contributed by atoms with van der Waals surface area (Å²) in [5.41, 5.74) is 0.0766. The van der Waals surface area contributed by atoms with Gasteiger partial charge in [-0.1, -0.05) is 0 Å². The van der Waals surface area contributed by atoms with Gasteiger partial charge < -0.3 is 14.9 Å². The van der Waals surface area contributed by atoms with Crippen LogP contribution in [0.15, 0.2) is 42.7 Å². The maximum absolute atomic E-state index is 13.2. The lowest BCUT2D eigenvalue weighted by atomic mass is 9.71. The third kappa shape index (κ3) is 3.51. The Morgan fingerprint density at radius 2 is 1.89 bits per heavy atom. The molecule has 1 spiro atoms. The highest BCUT2D eigenvalue weighted by molar-refractivity contribution is 5.94. The number of aliphatic hydroxyl groups is 1. The van der Waals surface area contributed by atoms with Crippen LogP contribution in [0.4, 0.5) is 10.3 Å². The number of carbonyl (C=O) groups excluding carboxylic acids is 1. The zero-order valence-corrected chi connectivity index (χ0v) is 15.1. The van der Waals surface area contributed by atoms with Crippen LogP contribution in [0.2, 0.25) is 0 Å². The Morgan fingerprint density at radius 1 is 1.15 bits per heavy atom. The summed E-state index contributed by atoms with van der Waals surface area (Å²) in [6.07, 6.45) is 5.26. The second kappa shape index (κ2) is 7.23. The average Bonchev–Trinajstić information content (AvgIpc) is 2.71. The molecule has 2 saturated heterocycles. The van der Waals surface area contributed by atoms with Crippen molar-refractivity contribution < 1.29 is 14.3 Å². The SMILES string of the molecule is O=C(c1ccc(F)cc1)N1CCC[C@]2(C1)CN(c1ncccn1)CC[C@H]2O. The predicted octanol–water partition coefficient (Wildman–Crippen LogP) is 2.11. The lowest BCUT2D eigenvalue weighted by molar-refractivity contribution is -0.0363. The molecule has 142 valence electrons. The average molecular weight is 370 g/mol. The van der Waals surface area contributed by atoms with Crippen LogP contribution in [0.25, 0.3) is 0 Å². The summed E-state index contributed by atoms with van der Waals surface area (Å²) in [5.74, 6) is 0.183. The van der Waals surface area contributed by atoms with E-state index in [1.54, 1.807) is 23.4 Å². The molecule has 1 N–H and O–H groups in total. The van der Waals surface area contributed by atoms with Crippen LogP contribution in [-0.2, 0) is 0 Å². The molecule has 6 nitrogen and oxygen atoms in total. The highest BCUT2D eigenvalue weighted by atomic mass is 19.1. The van der Waals surface area contributed by atoms with Gasteiger partial charge in [0.2, 0.25) is 5.95 Å². The van der Waals surface area contributed by atoms with Gasteiger partial charge in [-0.3, -0.25) is 4.79 Å². The first kappa shape index (κ1) is 17.9. The lowest BCUT2D eigenvalue weighted by Crippen LogP contribution is -2.60. The molecule has 0 unspecified atom stereocenters. The van der Waals surface area contributed by atoms with E-state index < -0.39 is 11.5 Å². The third-order valence-corrected chi connectivity index (χ3v) is 5.71. The lowest BCUT2D eigenvalue weighted by Gasteiger charge is -2.51. The maximum Gasteiger partial charge on any atom is 0.253 e. The zero-order valence-electron chi connectivity index (χ0n) is 15.1. The second-order valence-electron chi connectivity index (χ2n) is 7.47. The Kier molecular flexibility index (Phi) is 4.78. The molecule has 2 aliphatic rings. The molecule has 0 saturated carbocycles. The van der Waals surface area contributed by atoms with E-state index in [4.69, 9.17) is 0 Å². The van der Waals surface area contributed by atoms with Crippen LogP contribution < -0.4 is 4.90 Å². The van der Waals surface area contributed by atoms with Gasteiger partial charge in [-0.2, -0.15) is 0 Å². The fourth-order valence-corrected chi connectivity index (χ4v) is 4.28. The minimum atomic E-state index is -0.471. The normalized spacial score (nSPS) is 25.6. The van der Waals surface area contributed by atoms with Gasteiger partial charge in [-0.25, -0.2) is 14.4 Å². The Morgan fingerprint density at radius 3 is 2.63 bits per heavy atom. The first-order valence-electron chi connectivity index (χ1n) is 9.32. The number of likely N-dealkylation sites (tertiary alicyclic amines) is 1. The van der Waals surface area contributed by atoms with Crippen molar-refractivity contribution in [1.29, 1.82) is 0 Å². The molecule has 3 heterocycles. The van der Waals surface area contributed by atoms with Gasteiger partial charge in [-0.15, -0.1) is 0 Å². The number of aliphatic hydroxyl groups excluding tert-OH is 1. The van der Waals surface area contributed by atoms with E-state index in [0.717, 1.165) is 12.8 Å². The molecule has 2 aliphatic heterocycles. The minimum absolute atomic E-state index is 0.116. The predicted molar refractivity (Wildman–Crippen MR) is 98.8 cm³/mol. The van der Waals surface area contributed by atoms with Gasteiger partial charge in [-0.05, 0) is 49.6 Å². The highest BCUT2D eigenvalue weighted by Crippen LogP contribution is 2.39. The van der Waals surface area contributed by atoms with Crippen molar-refractivity contribution >= 4 is 11.9 Å². The molecule has 2 atom stereocenters. The zero-order chi connectivity index (χ0) is 18.9. The molecular formula is C20H23FN4O2. The number of aromatic nitrogens is 2. The van der Waals surface area contributed by atoms with Crippen LogP contribution in [0.3, 0.4) is 0 Å². The fraction of sp³-hybridized carbons (Fsp3) is 0.450. The molecule has 0 radical (unpaired) electrons. The van der Waals surface area contributed by atoms with E-state index in [0.29, 0.717) is 44.1 Å². The van der Waals surface area contributed by atoms with E-state index in [9.17, 15) is 14.3 Å². The minimum Gasteiger partial charge on any atom is -0.392 e. The number of hydrogen-bond donors (Lipinski definition) is 1. The molecule has 0 aliphatic carbocycles. The van der Waals surface area contributed by atoms with Gasteiger partial charge in [0.25, 0.3) is 5.91 Å². The molecule has 1 aromatic heterocycles. The van der Waals surface area contributed by atoms with E-state index in [2.05, 4.69) is 14.9 Å². The van der Waals surface area contributed by atoms with Crippen LogP contribution in [0, 0.1) is 11.2 Å². The highest BCUT2D eigenvalue weighted by Gasteiger charge is 2.47. The van der Waals surface area contributed by atoms with E-state index >= 15 is 0 Å². The first-order valence-corrected chi connectivity index (χ1v) is 9.32. The van der Waals surface area contributed by atoms with Crippen LogP contribution in [-0.4, -0.2) is 58.2 Å². The topological polar surface area (TPSA) is 69.6 Å². The number of amides is 1. The van der Waals surface area contributed by atoms with Gasteiger partial charge in [0.1, 0.15) is 5.82 Å². The Labute approximate surface area is 157 Å². The van der Waals surface area contributed by atoms with Crippen LogP contribution >= 0.6 is 0 Å². The van der Waals surface area contributed by atoms with Crippen molar-refractivity contribution in [3.05, 3.63) is 54.1 Å². The molecule has 2 fully saturated rings. The molecule has 1 aromatic carbocycles. The van der Waals surface area contributed by atoms with Crippen LogP contribution in [0.1, 0.15) is 29.6 Å². The standard InChI is InChI=1S/C20H23FN4O2/c21-16-5-3-15(4-6-16)18(27)24-11-1-8-20(13-24)14-25(12-7-17(20)26)19-22-9-2-10-23-19/h2-6,9-10,17,26H,1,7-8,11-14H2/t17-,20+/m1/s1. The number of rotatable bonds is 2.